The normalized spacial score (nSPS) is 15.7. The van der Waals surface area contributed by atoms with E-state index in [1.807, 2.05) is 0 Å². The number of halogens is 3. The molecule has 33 heavy (non-hydrogen) atoms. The Morgan fingerprint density at radius 3 is 2.33 bits per heavy atom. The summed E-state index contributed by atoms with van der Waals surface area (Å²) in [6.45, 7) is -0.960. The summed E-state index contributed by atoms with van der Waals surface area (Å²) in [5, 5.41) is 2.49. The quantitative estimate of drug-likeness (QED) is 0.493. The number of piperidine rings is 1. The Labute approximate surface area is 185 Å². The summed E-state index contributed by atoms with van der Waals surface area (Å²) in [7, 11) is 0. The van der Waals surface area contributed by atoms with Gasteiger partial charge in [-0.2, -0.15) is 13.2 Å². The number of rotatable bonds is 6. The van der Waals surface area contributed by atoms with Gasteiger partial charge in [0.15, 0.2) is 30.5 Å². The van der Waals surface area contributed by atoms with E-state index in [9.17, 15) is 32.3 Å². The minimum Gasteiger partial charge on any atom is -0.455 e. The van der Waals surface area contributed by atoms with E-state index >= 15 is 0 Å². The molecule has 1 aromatic rings. The van der Waals surface area contributed by atoms with Crippen LogP contribution in [0.15, 0.2) is 12.1 Å². The fraction of sp³-hybridized carbons (Fsp3) is 0.500. The highest BCUT2D eigenvalue weighted by Crippen LogP contribution is 2.37. The van der Waals surface area contributed by atoms with Gasteiger partial charge in [0, 0.05) is 24.7 Å². The summed E-state index contributed by atoms with van der Waals surface area (Å²) in [6.07, 6.45) is -5.43. The number of carbonyl (C=O) groups is 4. The first-order chi connectivity index (χ1) is 15.5. The van der Waals surface area contributed by atoms with Crippen LogP contribution in [-0.2, 0) is 19.1 Å². The third-order valence-electron chi connectivity index (χ3n) is 4.96. The van der Waals surface area contributed by atoms with E-state index in [-0.39, 0.29) is 49.8 Å². The van der Waals surface area contributed by atoms with Gasteiger partial charge in [-0.1, -0.05) is 0 Å². The van der Waals surface area contributed by atoms with Crippen molar-refractivity contribution in [2.45, 2.75) is 25.9 Å². The van der Waals surface area contributed by atoms with E-state index < -0.39 is 43.3 Å². The standard InChI is InChI=1S/C20H21F3N2O8/c1-11(26)13-6-15-16(33-10-32-15)7-14(13)24-17(27)8-30-18(28)12-2-4-25(5-3-12)19(29)31-9-20(21,22)23/h6-7,12H,2-5,8-10H2,1H3,(H,24,27). The Hall–Kier alpha value is -3.51. The number of ether oxygens (including phenoxy) is 4. The highest BCUT2D eigenvalue weighted by molar-refractivity contribution is 6.05. The summed E-state index contributed by atoms with van der Waals surface area (Å²) in [5.74, 6) is -1.57. The van der Waals surface area contributed by atoms with Crippen LogP contribution in [0.2, 0.25) is 0 Å². The summed E-state index contributed by atoms with van der Waals surface area (Å²) in [4.78, 5) is 49.1. The molecule has 1 aromatic carbocycles. The van der Waals surface area contributed by atoms with Crippen molar-refractivity contribution < 1.29 is 51.3 Å². The van der Waals surface area contributed by atoms with Crippen LogP contribution >= 0.6 is 0 Å². The first-order valence-electron chi connectivity index (χ1n) is 9.93. The van der Waals surface area contributed by atoms with E-state index in [1.54, 1.807) is 0 Å². The molecule has 2 amide bonds. The van der Waals surface area contributed by atoms with Crippen LogP contribution in [0, 0.1) is 5.92 Å². The van der Waals surface area contributed by atoms with E-state index in [1.165, 1.54) is 19.1 Å². The number of amides is 2. The Bertz CT molecular complexity index is 942. The Morgan fingerprint density at radius 1 is 1.09 bits per heavy atom. The predicted molar refractivity (Wildman–Crippen MR) is 104 cm³/mol. The fourth-order valence-corrected chi connectivity index (χ4v) is 3.31. The van der Waals surface area contributed by atoms with Crippen LogP contribution in [-0.4, -0.2) is 67.9 Å². The van der Waals surface area contributed by atoms with Gasteiger partial charge in [0.2, 0.25) is 6.79 Å². The number of alkyl halides is 3. The maximum absolute atomic E-state index is 12.2. The van der Waals surface area contributed by atoms with Gasteiger partial charge in [0.1, 0.15) is 0 Å². The first kappa shape index (κ1) is 24.1. The van der Waals surface area contributed by atoms with Crippen LogP contribution in [0.4, 0.5) is 23.7 Å². The molecule has 0 aliphatic carbocycles. The third-order valence-corrected chi connectivity index (χ3v) is 4.96. The van der Waals surface area contributed by atoms with Gasteiger partial charge in [-0.3, -0.25) is 14.4 Å². The molecule has 1 saturated heterocycles. The van der Waals surface area contributed by atoms with Gasteiger partial charge in [-0.25, -0.2) is 4.79 Å². The van der Waals surface area contributed by atoms with Gasteiger partial charge < -0.3 is 29.2 Å². The van der Waals surface area contributed by atoms with E-state index in [4.69, 9.17) is 14.2 Å². The maximum Gasteiger partial charge on any atom is 0.422 e. The highest BCUT2D eigenvalue weighted by Gasteiger charge is 2.33. The zero-order valence-electron chi connectivity index (χ0n) is 17.5. The number of fused-ring (bicyclic) bond motifs is 1. The minimum atomic E-state index is -4.62. The molecule has 3 rings (SSSR count). The number of nitrogens with zero attached hydrogens (tertiary/aromatic N) is 1. The largest absolute Gasteiger partial charge is 0.455 e. The lowest BCUT2D eigenvalue weighted by Gasteiger charge is -2.30. The number of esters is 1. The third kappa shape index (κ3) is 6.49. The molecule has 2 aliphatic heterocycles. The van der Waals surface area contributed by atoms with Gasteiger partial charge in [0.05, 0.1) is 11.6 Å². The average molecular weight is 474 g/mol. The molecular formula is C20H21F3N2O8. The van der Waals surface area contributed by atoms with Crippen LogP contribution in [0.1, 0.15) is 30.1 Å². The number of hydrogen-bond donors (Lipinski definition) is 1. The molecule has 1 fully saturated rings. The molecule has 0 atom stereocenters. The Morgan fingerprint density at radius 2 is 1.73 bits per heavy atom. The zero-order valence-corrected chi connectivity index (χ0v) is 17.5. The fourth-order valence-electron chi connectivity index (χ4n) is 3.31. The first-order valence-corrected chi connectivity index (χ1v) is 9.93. The molecule has 0 aromatic heterocycles. The van der Waals surface area contributed by atoms with Gasteiger partial charge in [-0.05, 0) is 25.8 Å². The number of ketones is 1. The topological polar surface area (TPSA) is 120 Å². The number of benzene rings is 1. The van der Waals surface area contributed by atoms with Crippen molar-refractivity contribution in [1.82, 2.24) is 4.90 Å². The molecule has 0 spiro atoms. The van der Waals surface area contributed by atoms with Crippen molar-refractivity contribution in [3.8, 4) is 11.5 Å². The lowest BCUT2D eigenvalue weighted by molar-refractivity contribution is -0.163. The molecule has 0 saturated carbocycles. The SMILES string of the molecule is CC(=O)c1cc2c(cc1NC(=O)COC(=O)C1CCN(C(=O)OCC(F)(F)F)CC1)OCO2. The molecule has 0 bridgehead atoms. The number of carbonyl (C=O) groups excluding carboxylic acids is 4. The smallest absolute Gasteiger partial charge is 0.422 e. The Balaban J connectivity index is 1.46. The zero-order chi connectivity index (χ0) is 24.2. The van der Waals surface area contributed by atoms with Crippen molar-refractivity contribution in [1.29, 1.82) is 0 Å². The maximum atomic E-state index is 12.2. The second-order valence-corrected chi connectivity index (χ2v) is 7.39. The van der Waals surface area contributed by atoms with Gasteiger partial charge in [-0.15, -0.1) is 0 Å². The number of likely N-dealkylation sites (tertiary alicyclic amines) is 1. The average Bonchev–Trinajstić information content (AvgIpc) is 3.22. The monoisotopic (exact) mass is 474 g/mol. The number of anilines is 1. The van der Waals surface area contributed by atoms with Crippen molar-refractivity contribution in [2.75, 3.05) is 38.4 Å². The molecule has 13 heteroatoms. The minimum absolute atomic E-state index is 0.0133. The highest BCUT2D eigenvalue weighted by atomic mass is 19.4. The van der Waals surface area contributed by atoms with Crippen LogP contribution < -0.4 is 14.8 Å². The van der Waals surface area contributed by atoms with Crippen LogP contribution in [0.25, 0.3) is 0 Å². The van der Waals surface area contributed by atoms with E-state index in [0.29, 0.717) is 11.5 Å². The number of hydrogen-bond acceptors (Lipinski definition) is 8. The van der Waals surface area contributed by atoms with E-state index in [2.05, 4.69) is 10.1 Å². The second kappa shape index (κ2) is 9.96. The Kier molecular flexibility index (Phi) is 7.29. The molecule has 2 aliphatic rings. The lowest BCUT2D eigenvalue weighted by Crippen LogP contribution is -2.42. The molecule has 0 unspecified atom stereocenters. The molecule has 2 heterocycles. The van der Waals surface area contributed by atoms with Crippen molar-refractivity contribution in [3.05, 3.63) is 17.7 Å². The molecule has 10 nitrogen and oxygen atoms in total. The molecule has 180 valence electrons. The van der Waals surface area contributed by atoms with E-state index in [0.717, 1.165) is 4.90 Å². The predicted octanol–water partition coefficient (Wildman–Crippen LogP) is 2.51. The van der Waals surface area contributed by atoms with Crippen molar-refractivity contribution in [2.24, 2.45) is 5.92 Å². The second-order valence-electron chi connectivity index (χ2n) is 7.39. The molecule has 1 N–H and O–H groups in total. The van der Waals surface area contributed by atoms with Crippen LogP contribution in [0.5, 0.6) is 11.5 Å². The van der Waals surface area contributed by atoms with Gasteiger partial charge in [0.25, 0.3) is 5.91 Å². The van der Waals surface area contributed by atoms with Gasteiger partial charge >= 0.3 is 18.2 Å². The number of nitrogens with one attached hydrogen (secondary N) is 1. The summed E-state index contributed by atoms with van der Waals surface area (Å²) >= 11 is 0. The molecule has 0 radical (unpaired) electrons. The summed E-state index contributed by atoms with van der Waals surface area (Å²) in [5.41, 5.74) is 0.377. The summed E-state index contributed by atoms with van der Waals surface area (Å²) < 4.78 is 56.1. The number of Topliss-reactive ketones (excluding diaryl/α,β-unsaturated/α-hetero) is 1. The van der Waals surface area contributed by atoms with Crippen molar-refractivity contribution >= 4 is 29.4 Å². The lowest BCUT2D eigenvalue weighted by atomic mass is 9.97. The van der Waals surface area contributed by atoms with Crippen LogP contribution in [0.3, 0.4) is 0 Å². The van der Waals surface area contributed by atoms with Crippen molar-refractivity contribution in [3.63, 3.8) is 0 Å². The molecular weight excluding hydrogens is 453 g/mol. The summed E-state index contributed by atoms with van der Waals surface area (Å²) in [6, 6.07) is 2.88.